The smallest absolute Gasteiger partial charge is 0.308 e. The van der Waals surface area contributed by atoms with Gasteiger partial charge in [0.05, 0.1) is 5.92 Å². The van der Waals surface area contributed by atoms with Gasteiger partial charge in [0.2, 0.25) is 0 Å². The molecule has 0 amide bonds. The fraction of sp³-hybridized carbons (Fsp3) is 0.909. The van der Waals surface area contributed by atoms with Crippen molar-refractivity contribution in [1.29, 1.82) is 0 Å². The Kier molecular flexibility index (Phi) is 3.06. The lowest BCUT2D eigenvalue weighted by Crippen LogP contribution is -2.43. The number of carboxylic acids is 1. The van der Waals surface area contributed by atoms with Crippen molar-refractivity contribution >= 4 is 5.97 Å². The number of hydrogen-bond donors (Lipinski definition) is 2. The molecule has 0 radical (unpaired) electrons. The maximum Gasteiger partial charge on any atom is 0.308 e. The number of rotatable bonds is 2. The maximum atomic E-state index is 11.1. The minimum atomic E-state index is -0.603. The average molecular weight is 197 g/mol. The van der Waals surface area contributed by atoms with E-state index in [-0.39, 0.29) is 5.92 Å². The van der Waals surface area contributed by atoms with E-state index in [9.17, 15) is 4.79 Å². The highest BCUT2D eigenvalue weighted by Crippen LogP contribution is 2.38. The van der Waals surface area contributed by atoms with E-state index in [0.717, 1.165) is 13.0 Å². The lowest BCUT2D eigenvalue weighted by atomic mass is 9.76. The van der Waals surface area contributed by atoms with Crippen LogP contribution in [0, 0.1) is 17.8 Å². The monoisotopic (exact) mass is 197 g/mol. The summed E-state index contributed by atoms with van der Waals surface area (Å²) in [5.74, 6) is 0.399. The van der Waals surface area contributed by atoms with E-state index in [1.165, 1.54) is 25.7 Å². The number of hydrogen-bond acceptors (Lipinski definition) is 2. The summed E-state index contributed by atoms with van der Waals surface area (Å²) in [6.07, 6.45) is 6.19. The molecule has 2 aliphatic rings. The van der Waals surface area contributed by atoms with E-state index in [1.54, 1.807) is 0 Å². The van der Waals surface area contributed by atoms with Crippen molar-refractivity contribution in [1.82, 2.24) is 5.32 Å². The van der Waals surface area contributed by atoms with Crippen LogP contribution >= 0.6 is 0 Å². The first-order valence-corrected chi connectivity index (χ1v) is 5.72. The van der Waals surface area contributed by atoms with Crippen LogP contribution in [-0.2, 0) is 4.79 Å². The Morgan fingerprint density at radius 2 is 1.93 bits per heavy atom. The minimum absolute atomic E-state index is 0.133. The lowest BCUT2D eigenvalue weighted by Gasteiger charge is -2.33. The van der Waals surface area contributed by atoms with Crippen LogP contribution in [0.5, 0.6) is 0 Å². The molecule has 1 saturated carbocycles. The molecule has 0 spiro atoms. The van der Waals surface area contributed by atoms with Gasteiger partial charge >= 0.3 is 5.97 Å². The molecular formula is C11H19NO2. The predicted molar refractivity (Wildman–Crippen MR) is 54.1 cm³/mol. The van der Waals surface area contributed by atoms with Crippen LogP contribution in [0.4, 0.5) is 0 Å². The van der Waals surface area contributed by atoms with Crippen LogP contribution in [0.25, 0.3) is 0 Å². The molecule has 0 aromatic heterocycles. The fourth-order valence-corrected chi connectivity index (χ4v) is 3.10. The number of piperidine rings is 1. The Hall–Kier alpha value is -0.570. The molecule has 2 N–H and O–H groups in total. The fourth-order valence-electron chi connectivity index (χ4n) is 3.10. The average Bonchev–Trinajstić information content (AvgIpc) is 2.70. The Bertz CT molecular complexity index is 211. The quantitative estimate of drug-likeness (QED) is 0.705. The van der Waals surface area contributed by atoms with Crippen molar-refractivity contribution in [2.75, 3.05) is 13.1 Å². The second kappa shape index (κ2) is 4.30. The first kappa shape index (κ1) is 9.97. The number of carbonyl (C=O) groups is 1. The van der Waals surface area contributed by atoms with Gasteiger partial charge in [-0.15, -0.1) is 0 Å². The van der Waals surface area contributed by atoms with Crippen molar-refractivity contribution in [3.8, 4) is 0 Å². The molecule has 3 heteroatoms. The van der Waals surface area contributed by atoms with Gasteiger partial charge in [0.15, 0.2) is 0 Å². The highest BCUT2D eigenvalue weighted by molar-refractivity contribution is 5.70. The van der Waals surface area contributed by atoms with Crippen LogP contribution in [0.15, 0.2) is 0 Å². The van der Waals surface area contributed by atoms with E-state index in [4.69, 9.17) is 5.11 Å². The Balaban J connectivity index is 2.01. The Morgan fingerprint density at radius 1 is 1.21 bits per heavy atom. The van der Waals surface area contributed by atoms with Gasteiger partial charge in [-0.25, -0.2) is 0 Å². The van der Waals surface area contributed by atoms with Gasteiger partial charge in [0, 0.05) is 6.54 Å². The summed E-state index contributed by atoms with van der Waals surface area (Å²) in [6, 6.07) is 0. The number of carboxylic acid groups (broad SMARTS) is 1. The van der Waals surface area contributed by atoms with Gasteiger partial charge in [0.1, 0.15) is 0 Å². The number of nitrogens with one attached hydrogen (secondary N) is 1. The third-order valence-corrected chi connectivity index (χ3v) is 3.86. The molecule has 2 fully saturated rings. The molecule has 1 saturated heterocycles. The van der Waals surface area contributed by atoms with E-state index in [0.29, 0.717) is 18.4 Å². The van der Waals surface area contributed by atoms with Gasteiger partial charge in [-0.3, -0.25) is 4.79 Å². The molecule has 80 valence electrons. The topological polar surface area (TPSA) is 49.3 Å². The zero-order chi connectivity index (χ0) is 9.97. The van der Waals surface area contributed by atoms with Gasteiger partial charge in [-0.1, -0.05) is 25.7 Å². The van der Waals surface area contributed by atoms with Gasteiger partial charge in [-0.05, 0) is 24.8 Å². The normalized spacial score (nSPS) is 34.6. The van der Waals surface area contributed by atoms with Crippen LogP contribution in [0.2, 0.25) is 0 Å². The zero-order valence-corrected chi connectivity index (χ0v) is 8.54. The Labute approximate surface area is 84.9 Å². The third kappa shape index (κ3) is 1.92. The molecule has 0 aromatic carbocycles. The van der Waals surface area contributed by atoms with E-state index >= 15 is 0 Å². The molecule has 1 aliphatic heterocycles. The molecule has 14 heavy (non-hydrogen) atoms. The Morgan fingerprint density at radius 3 is 2.57 bits per heavy atom. The summed E-state index contributed by atoms with van der Waals surface area (Å²) >= 11 is 0. The summed E-state index contributed by atoms with van der Waals surface area (Å²) < 4.78 is 0. The molecule has 2 unspecified atom stereocenters. The lowest BCUT2D eigenvalue weighted by molar-refractivity contribution is -0.145. The van der Waals surface area contributed by atoms with Crippen LogP contribution in [-0.4, -0.2) is 24.2 Å². The van der Waals surface area contributed by atoms with Crippen molar-refractivity contribution in [2.45, 2.75) is 32.1 Å². The van der Waals surface area contributed by atoms with E-state index in [2.05, 4.69) is 5.32 Å². The highest BCUT2D eigenvalue weighted by atomic mass is 16.4. The summed E-state index contributed by atoms with van der Waals surface area (Å²) in [5.41, 5.74) is 0. The minimum Gasteiger partial charge on any atom is -0.481 e. The standard InChI is InChI=1S/C11H19NO2/c13-11(14)10-7-12-6-5-9(10)8-3-1-2-4-8/h8-10,12H,1-7H2,(H,13,14). The van der Waals surface area contributed by atoms with E-state index < -0.39 is 5.97 Å². The molecule has 0 bridgehead atoms. The summed E-state index contributed by atoms with van der Waals surface area (Å²) in [7, 11) is 0. The molecule has 0 aromatic rings. The van der Waals surface area contributed by atoms with Gasteiger partial charge in [-0.2, -0.15) is 0 Å². The highest BCUT2D eigenvalue weighted by Gasteiger charge is 2.36. The largest absolute Gasteiger partial charge is 0.481 e. The molecule has 3 nitrogen and oxygen atoms in total. The van der Waals surface area contributed by atoms with Crippen LogP contribution < -0.4 is 5.32 Å². The predicted octanol–water partition coefficient (Wildman–Crippen LogP) is 1.49. The second-order valence-electron chi connectivity index (χ2n) is 4.65. The molecule has 2 atom stereocenters. The van der Waals surface area contributed by atoms with Crippen molar-refractivity contribution < 1.29 is 9.90 Å². The van der Waals surface area contributed by atoms with Crippen LogP contribution in [0.3, 0.4) is 0 Å². The summed E-state index contributed by atoms with van der Waals surface area (Å²) in [5, 5.41) is 12.3. The number of aliphatic carboxylic acids is 1. The molecule has 1 aliphatic carbocycles. The molecule has 2 rings (SSSR count). The molecular weight excluding hydrogens is 178 g/mol. The second-order valence-corrected chi connectivity index (χ2v) is 4.65. The van der Waals surface area contributed by atoms with Crippen LogP contribution in [0.1, 0.15) is 32.1 Å². The zero-order valence-electron chi connectivity index (χ0n) is 8.54. The van der Waals surface area contributed by atoms with Gasteiger partial charge < -0.3 is 10.4 Å². The molecule has 1 heterocycles. The van der Waals surface area contributed by atoms with E-state index in [1.807, 2.05) is 0 Å². The van der Waals surface area contributed by atoms with Gasteiger partial charge in [0.25, 0.3) is 0 Å². The maximum absolute atomic E-state index is 11.1. The third-order valence-electron chi connectivity index (χ3n) is 3.86. The van der Waals surface area contributed by atoms with Crippen molar-refractivity contribution in [2.24, 2.45) is 17.8 Å². The summed E-state index contributed by atoms with van der Waals surface area (Å²) in [6.45, 7) is 1.68. The first-order chi connectivity index (χ1) is 6.79. The SMILES string of the molecule is O=C(O)C1CNCCC1C1CCCC1. The van der Waals surface area contributed by atoms with Crippen molar-refractivity contribution in [3.05, 3.63) is 0 Å². The summed E-state index contributed by atoms with van der Waals surface area (Å²) in [4.78, 5) is 11.1. The van der Waals surface area contributed by atoms with Crippen molar-refractivity contribution in [3.63, 3.8) is 0 Å². The first-order valence-electron chi connectivity index (χ1n) is 5.72.